The van der Waals surface area contributed by atoms with E-state index in [4.69, 9.17) is 14.7 Å². The number of nitrogens with zero attached hydrogens (tertiary/aromatic N) is 1. The molecule has 0 aromatic heterocycles. The SMILES string of the molecule is O/N=C1/CC2OC3CCC2OC13. The van der Waals surface area contributed by atoms with E-state index in [1.807, 2.05) is 0 Å². The van der Waals surface area contributed by atoms with Gasteiger partial charge in [0.1, 0.15) is 6.10 Å². The van der Waals surface area contributed by atoms with Crippen molar-refractivity contribution < 1.29 is 14.7 Å². The van der Waals surface area contributed by atoms with Crippen LogP contribution in [0.4, 0.5) is 0 Å². The van der Waals surface area contributed by atoms with Gasteiger partial charge < -0.3 is 14.7 Å². The van der Waals surface area contributed by atoms with Crippen LogP contribution in [0.25, 0.3) is 0 Å². The van der Waals surface area contributed by atoms with Crippen molar-refractivity contribution in [3.8, 4) is 0 Å². The van der Waals surface area contributed by atoms with Crippen LogP contribution in [-0.2, 0) is 9.47 Å². The Morgan fingerprint density at radius 1 is 1.17 bits per heavy atom. The first-order valence-corrected chi connectivity index (χ1v) is 4.40. The minimum atomic E-state index is -0.0567. The molecule has 12 heavy (non-hydrogen) atoms. The second kappa shape index (κ2) is 2.20. The predicted octanol–water partition coefficient (Wildman–Crippen LogP) is 0.535. The third-order valence-electron chi connectivity index (χ3n) is 3.03. The van der Waals surface area contributed by atoms with Gasteiger partial charge >= 0.3 is 0 Å². The lowest BCUT2D eigenvalue weighted by atomic mass is 9.82. The van der Waals surface area contributed by atoms with Crippen LogP contribution in [0.15, 0.2) is 5.16 Å². The van der Waals surface area contributed by atoms with Crippen LogP contribution in [0.2, 0.25) is 0 Å². The van der Waals surface area contributed by atoms with Crippen LogP contribution in [-0.4, -0.2) is 35.3 Å². The molecule has 5 rings (SSSR count). The lowest BCUT2D eigenvalue weighted by molar-refractivity contribution is -0.248. The van der Waals surface area contributed by atoms with Crippen LogP contribution < -0.4 is 0 Å². The van der Waals surface area contributed by atoms with E-state index in [1.165, 1.54) is 0 Å². The molecule has 5 saturated heterocycles. The molecule has 4 bridgehead atoms. The average Bonchev–Trinajstić information content (AvgIpc) is 2.17. The van der Waals surface area contributed by atoms with Crippen LogP contribution >= 0.6 is 0 Å². The number of rotatable bonds is 0. The summed E-state index contributed by atoms with van der Waals surface area (Å²) in [6.45, 7) is 0. The fourth-order valence-corrected chi connectivity index (χ4v) is 2.44. The highest BCUT2D eigenvalue weighted by atomic mass is 16.6. The molecule has 0 aromatic rings. The fourth-order valence-electron chi connectivity index (χ4n) is 2.44. The Balaban J connectivity index is 1.96. The number of fused-ring (bicyclic) bond motifs is 2. The first-order chi connectivity index (χ1) is 5.88. The van der Waals surface area contributed by atoms with E-state index in [2.05, 4.69) is 5.16 Å². The van der Waals surface area contributed by atoms with Crippen molar-refractivity contribution in [2.75, 3.05) is 0 Å². The van der Waals surface area contributed by atoms with Crippen molar-refractivity contribution >= 4 is 5.71 Å². The molecule has 0 saturated carbocycles. The molecule has 0 aliphatic carbocycles. The van der Waals surface area contributed by atoms with Gasteiger partial charge in [0.2, 0.25) is 0 Å². The van der Waals surface area contributed by atoms with E-state index in [9.17, 15) is 0 Å². The molecule has 5 heterocycles. The molecule has 4 heteroatoms. The third-order valence-corrected chi connectivity index (χ3v) is 3.03. The molecule has 4 nitrogen and oxygen atoms in total. The van der Waals surface area contributed by atoms with Gasteiger partial charge in [0, 0.05) is 6.42 Å². The lowest BCUT2D eigenvalue weighted by Crippen LogP contribution is -2.62. The highest BCUT2D eigenvalue weighted by Gasteiger charge is 2.51. The van der Waals surface area contributed by atoms with Crippen molar-refractivity contribution in [3.63, 3.8) is 0 Å². The summed E-state index contributed by atoms with van der Waals surface area (Å²) in [6.07, 6.45) is 3.40. The van der Waals surface area contributed by atoms with Crippen LogP contribution in [0, 0.1) is 0 Å². The summed E-state index contributed by atoms with van der Waals surface area (Å²) in [5.41, 5.74) is 0.771. The molecule has 0 radical (unpaired) electrons. The highest BCUT2D eigenvalue weighted by molar-refractivity contribution is 5.90. The van der Waals surface area contributed by atoms with Crippen LogP contribution in [0.3, 0.4) is 0 Å². The molecule has 1 N–H and O–H groups in total. The average molecular weight is 169 g/mol. The zero-order valence-corrected chi connectivity index (χ0v) is 6.64. The first kappa shape index (κ1) is 6.86. The maximum absolute atomic E-state index is 8.69. The Hall–Kier alpha value is -0.610. The van der Waals surface area contributed by atoms with E-state index in [1.54, 1.807) is 0 Å². The molecule has 66 valence electrons. The van der Waals surface area contributed by atoms with E-state index in [0.717, 1.165) is 25.0 Å². The lowest BCUT2D eigenvalue weighted by Gasteiger charge is -2.51. The van der Waals surface area contributed by atoms with E-state index in [-0.39, 0.29) is 24.4 Å². The summed E-state index contributed by atoms with van der Waals surface area (Å²) in [7, 11) is 0. The van der Waals surface area contributed by atoms with Gasteiger partial charge in [-0.1, -0.05) is 5.16 Å². The quantitative estimate of drug-likeness (QED) is 0.425. The summed E-state index contributed by atoms with van der Waals surface area (Å²) in [5, 5.41) is 12.0. The predicted molar refractivity (Wildman–Crippen MR) is 40.4 cm³/mol. The van der Waals surface area contributed by atoms with Gasteiger partial charge in [-0.05, 0) is 12.8 Å². The topological polar surface area (TPSA) is 51.1 Å². The summed E-state index contributed by atoms with van der Waals surface area (Å²) in [6, 6.07) is 0. The maximum Gasteiger partial charge on any atom is 0.126 e. The van der Waals surface area contributed by atoms with Crippen molar-refractivity contribution in [1.82, 2.24) is 0 Å². The first-order valence-electron chi connectivity index (χ1n) is 4.40. The maximum atomic E-state index is 8.69. The molecular formula is C8H11NO3. The van der Waals surface area contributed by atoms with Gasteiger partial charge in [-0.2, -0.15) is 0 Å². The van der Waals surface area contributed by atoms with Gasteiger partial charge in [-0.3, -0.25) is 0 Å². The third kappa shape index (κ3) is 0.716. The largest absolute Gasteiger partial charge is 0.411 e. The zero-order valence-electron chi connectivity index (χ0n) is 6.64. The highest BCUT2D eigenvalue weighted by Crippen LogP contribution is 2.40. The normalized spacial score (nSPS) is 53.5. The van der Waals surface area contributed by atoms with Gasteiger partial charge in [0.05, 0.1) is 24.0 Å². The Morgan fingerprint density at radius 2 is 2.00 bits per heavy atom. The summed E-state index contributed by atoms with van der Waals surface area (Å²) < 4.78 is 11.4. The van der Waals surface area contributed by atoms with Gasteiger partial charge in [-0.15, -0.1) is 0 Å². The Morgan fingerprint density at radius 3 is 2.58 bits per heavy atom. The van der Waals surface area contributed by atoms with Gasteiger partial charge in [0.15, 0.2) is 0 Å². The number of hydrogen-bond donors (Lipinski definition) is 1. The molecule has 4 unspecified atom stereocenters. The minimum Gasteiger partial charge on any atom is -0.411 e. The molecule has 0 amide bonds. The Labute approximate surface area is 70.1 Å². The fraction of sp³-hybridized carbons (Fsp3) is 0.875. The summed E-state index contributed by atoms with van der Waals surface area (Å²) >= 11 is 0. The summed E-state index contributed by atoms with van der Waals surface area (Å²) in [4.78, 5) is 0. The second-order valence-corrected chi connectivity index (χ2v) is 3.68. The number of hydrogen-bond acceptors (Lipinski definition) is 4. The molecule has 5 aliphatic rings. The molecule has 5 aliphatic heterocycles. The van der Waals surface area contributed by atoms with E-state index in [0.29, 0.717) is 0 Å². The van der Waals surface area contributed by atoms with E-state index >= 15 is 0 Å². The molecule has 4 atom stereocenters. The van der Waals surface area contributed by atoms with Gasteiger partial charge in [0.25, 0.3) is 0 Å². The second-order valence-electron chi connectivity index (χ2n) is 3.68. The zero-order chi connectivity index (χ0) is 8.13. The monoisotopic (exact) mass is 169 g/mol. The Kier molecular flexibility index (Phi) is 1.26. The summed E-state index contributed by atoms with van der Waals surface area (Å²) in [5.74, 6) is 0. The van der Waals surface area contributed by atoms with Crippen molar-refractivity contribution in [1.29, 1.82) is 0 Å². The minimum absolute atomic E-state index is 0.0567. The molecular weight excluding hydrogens is 158 g/mol. The van der Waals surface area contributed by atoms with Gasteiger partial charge in [-0.25, -0.2) is 0 Å². The van der Waals surface area contributed by atoms with Crippen molar-refractivity contribution in [2.24, 2.45) is 5.16 Å². The molecule has 5 fully saturated rings. The number of ether oxygens (including phenoxy) is 2. The standard InChI is InChI=1S/C8H11NO3/c10-9-4-3-7-5-1-2-6(11-7)8(4)12-5/h5-8,10H,1-3H2/b9-4-. The van der Waals surface area contributed by atoms with Crippen molar-refractivity contribution in [3.05, 3.63) is 0 Å². The smallest absolute Gasteiger partial charge is 0.126 e. The Bertz CT molecular complexity index is 240. The van der Waals surface area contributed by atoms with Crippen molar-refractivity contribution in [2.45, 2.75) is 43.7 Å². The number of oxime groups is 1. The van der Waals surface area contributed by atoms with Crippen LogP contribution in [0.5, 0.6) is 0 Å². The van der Waals surface area contributed by atoms with E-state index < -0.39 is 0 Å². The molecule has 0 aromatic carbocycles. The van der Waals surface area contributed by atoms with Crippen LogP contribution in [0.1, 0.15) is 19.3 Å². The molecule has 0 spiro atoms.